The molecule has 4 aliphatic carbocycles. The molecule has 0 bridgehead atoms. The minimum Gasteiger partial charge on any atom is -0.550 e. The molecule has 5 nitrogen and oxygen atoms in total. The number of esters is 1. The Bertz CT molecular complexity index is 672. The number of hydrogen-bond donors (Lipinski definition) is 0. The molecule has 0 saturated heterocycles. The van der Waals surface area contributed by atoms with Gasteiger partial charge in [0.1, 0.15) is 11.9 Å². The molecule has 0 aliphatic heterocycles. The number of carboxylic acids is 1. The van der Waals surface area contributed by atoms with Crippen molar-refractivity contribution in [2.75, 3.05) is 0 Å². The van der Waals surface area contributed by atoms with Crippen LogP contribution in [0, 0.1) is 34.5 Å². The Kier molecular flexibility index (Phi) is 5.08. The Morgan fingerprint density at radius 2 is 1.82 bits per heavy atom. The summed E-state index contributed by atoms with van der Waals surface area (Å²) in [4.78, 5) is 35.0. The van der Waals surface area contributed by atoms with Crippen LogP contribution in [-0.4, -0.2) is 23.8 Å². The van der Waals surface area contributed by atoms with Crippen molar-refractivity contribution in [2.45, 2.75) is 90.6 Å². The molecule has 0 aromatic carbocycles. The lowest BCUT2D eigenvalue weighted by Crippen LogP contribution is -2.54. The van der Waals surface area contributed by atoms with Gasteiger partial charge in [0.05, 0.1) is 6.42 Å². The van der Waals surface area contributed by atoms with Crippen LogP contribution in [-0.2, 0) is 19.1 Å². The Morgan fingerprint density at radius 3 is 2.57 bits per heavy atom. The van der Waals surface area contributed by atoms with Gasteiger partial charge >= 0.3 is 5.97 Å². The molecular formula is C23H33O5-. The number of aliphatic carboxylic acids is 1. The predicted molar refractivity (Wildman–Crippen MR) is 101 cm³/mol. The summed E-state index contributed by atoms with van der Waals surface area (Å²) < 4.78 is 5.60. The van der Waals surface area contributed by atoms with Crippen LogP contribution in [0.4, 0.5) is 0 Å². The van der Waals surface area contributed by atoms with Gasteiger partial charge < -0.3 is 14.6 Å². The predicted octanol–water partition coefficient (Wildman–Crippen LogP) is 3.04. The van der Waals surface area contributed by atoms with Crippen LogP contribution in [0.5, 0.6) is 0 Å². The van der Waals surface area contributed by atoms with E-state index in [0.717, 1.165) is 51.4 Å². The standard InChI is InChI=1S/C23H34O5/c1-22-11-9-15(28-21(27)8-7-20(25)26)13-14(22)3-4-16-17-5-6-19(24)23(17,2)12-10-18(16)22/h14-18H,3-13H2,1-2H3,(H,25,26)/p-1/t14-,15-,16-,17+,18-,22-,23-/m0/s1. The average Bonchev–Trinajstić information content (AvgIpc) is 2.95. The maximum Gasteiger partial charge on any atom is 0.306 e. The van der Waals surface area contributed by atoms with Crippen LogP contribution in [0.1, 0.15) is 84.5 Å². The van der Waals surface area contributed by atoms with E-state index >= 15 is 0 Å². The fourth-order valence-corrected chi connectivity index (χ4v) is 7.55. The molecule has 7 atom stereocenters. The third-order valence-corrected chi connectivity index (χ3v) is 9.16. The zero-order valence-corrected chi connectivity index (χ0v) is 17.2. The Labute approximate surface area is 167 Å². The van der Waals surface area contributed by atoms with Gasteiger partial charge in [-0.25, -0.2) is 0 Å². The molecule has 4 fully saturated rings. The summed E-state index contributed by atoms with van der Waals surface area (Å²) in [6, 6.07) is 0. The summed E-state index contributed by atoms with van der Waals surface area (Å²) in [6.07, 6.45) is 8.80. The fraction of sp³-hybridized carbons (Fsp3) is 0.870. The molecule has 4 rings (SSSR count). The molecular weight excluding hydrogens is 356 g/mol. The summed E-state index contributed by atoms with van der Waals surface area (Å²) in [6.45, 7) is 4.67. The fourth-order valence-electron chi connectivity index (χ4n) is 7.55. The number of rotatable bonds is 4. The van der Waals surface area contributed by atoms with E-state index in [0.29, 0.717) is 29.5 Å². The minimum atomic E-state index is -1.21. The highest BCUT2D eigenvalue weighted by Gasteiger charge is 2.60. The first-order valence-corrected chi connectivity index (χ1v) is 11.2. The summed E-state index contributed by atoms with van der Waals surface area (Å²) in [7, 11) is 0. The van der Waals surface area contributed by atoms with Gasteiger partial charge in [-0.1, -0.05) is 13.8 Å². The smallest absolute Gasteiger partial charge is 0.306 e. The third-order valence-electron chi connectivity index (χ3n) is 9.16. The number of Topliss-reactive ketones (excluding diaryl/α,β-unsaturated/α-hetero) is 1. The third kappa shape index (κ3) is 3.19. The summed E-state index contributed by atoms with van der Waals surface area (Å²) in [5, 5.41) is 10.5. The van der Waals surface area contributed by atoms with E-state index in [9.17, 15) is 19.5 Å². The van der Waals surface area contributed by atoms with Crippen LogP contribution in [0.15, 0.2) is 0 Å². The topological polar surface area (TPSA) is 83.5 Å². The molecule has 0 aromatic heterocycles. The number of carbonyl (C=O) groups excluding carboxylic acids is 3. The molecule has 0 unspecified atom stereocenters. The van der Waals surface area contributed by atoms with E-state index in [1.807, 2.05) is 0 Å². The zero-order valence-electron chi connectivity index (χ0n) is 17.2. The van der Waals surface area contributed by atoms with Crippen molar-refractivity contribution in [1.82, 2.24) is 0 Å². The number of ketones is 1. The highest BCUT2D eigenvalue weighted by atomic mass is 16.5. The van der Waals surface area contributed by atoms with Crippen LogP contribution in [0.3, 0.4) is 0 Å². The van der Waals surface area contributed by atoms with Crippen molar-refractivity contribution in [1.29, 1.82) is 0 Å². The number of hydrogen-bond acceptors (Lipinski definition) is 5. The molecule has 0 N–H and O–H groups in total. The Morgan fingerprint density at radius 1 is 1.04 bits per heavy atom. The molecule has 0 aromatic rings. The molecule has 28 heavy (non-hydrogen) atoms. The molecule has 0 amide bonds. The lowest BCUT2D eigenvalue weighted by Gasteiger charge is -2.60. The van der Waals surface area contributed by atoms with E-state index in [1.54, 1.807) is 0 Å². The number of carbonyl (C=O) groups is 3. The largest absolute Gasteiger partial charge is 0.550 e. The summed E-state index contributed by atoms with van der Waals surface area (Å²) >= 11 is 0. The highest BCUT2D eigenvalue weighted by Crippen LogP contribution is 2.65. The van der Waals surface area contributed by atoms with E-state index in [2.05, 4.69) is 13.8 Å². The van der Waals surface area contributed by atoms with E-state index in [4.69, 9.17) is 4.74 Å². The second kappa shape index (κ2) is 7.14. The van der Waals surface area contributed by atoms with Gasteiger partial charge in [-0.15, -0.1) is 0 Å². The van der Waals surface area contributed by atoms with E-state index < -0.39 is 11.9 Å². The Hall–Kier alpha value is -1.39. The first-order chi connectivity index (χ1) is 13.2. The van der Waals surface area contributed by atoms with Crippen LogP contribution >= 0.6 is 0 Å². The lowest BCUT2D eigenvalue weighted by molar-refractivity contribution is -0.305. The summed E-state index contributed by atoms with van der Waals surface area (Å²) in [5.74, 6) is 1.36. The molecule has 0 spiro atoms. The first-order valence-electron chi connectivity index (χ1n) is 11.2. The quantitative estimate of drug-likeness (QED) is 0.690. The van der Waals surface area contributed by atoms with Crippen LogP contribution in [0.2, 0.25) is 0 Å². The molecule has 5 heteroatoms. The van der Waals surface area contributed by atoms with Crippen molar-refractivity contribution in [3.8, 4) is 0 Å². The highest BCUT2D eigenvalue weighted by molar-refractivity contribution is 5.87. The number of ether oxygens (including phenoxy) is 1. The van der Waals surface area contributed by atoms with Crippen molar-refractivity contribution >= 4 is 17.7 Å². The molecule has 0 radical (unpaired) electrons. The molecule has 156 valence electrons. The zero-order chi connectivity index (χ0) is 20.1. The second-order valence-corrected chi connectivity index (χ2v) is 10.3. The van der Waals surface area contributed by atoms with Crippen molar-refractivity contribution < 1.29 is 24.2 Å². The van der Waals surface area contributed by atoms with E-state index in [-0.39, 0.29) is 29.8 Å². The van der Waals surface area contributed by atoms with Crippen LogP contribution in [0.25, 0.3) is 0 Å². The van der Waals surface area contributed by atoms with Gasteiger partial charge in [0, 0.05) is 17.8 Å². The van der Waals surface area contributed by atoms with Crippen molar-refractivity contribution in [2.24, 2.45) is 34.5 Å². The van der Waals surface area contributed by atoms with Gasteiger partial charge in [-0.05, 0) is 86.9 Å². The van der Waals surface area contributed by atoms with Crippen molar-refractivity contribution in [3.05, 3.63) is 0 Å². The van der Waals surface area contributed by atoms with Gasteiger partial charge in [0.25, 0.3) is 0 Å². The maximum atomic E-state index is 12.5. The molecule has 4 saturated carbocycles. The minimum absolute atomic E-state index is 0.0733. The SMILES string of the molecule is C[C@]12CC[C@H](OC(=O)CCC(=O)[O-])C[C@@H]1CC[C@H]1[C@H]3CCC(=O)[C@@]3(C)CC[C@@H]12. The normalized spacial score (nSPS) is 44.9. The monoisotopic (exact) mass is 389 g/mol. The first kappa shape index (κ1) is 19.9. The lowest BCUT2D eigenvalue weighted by atomic mass is 9.45. The maximum absolute atomic E-state index is 12.5. The molecule has 4 aliphatic rings. The Balaban J connectivity index is 1.41. The summed E-state index contributed by atoms with van der Waals surface area (Å²) in [5.41, 5.74) is 0.208. The number of fused-ring (bicyclic) bond motifs is 5. The van der Waals surface area contributed by atoms with Gasteiger partial charge in [0.15, 0.2) is 0 Å². The van der Waals surface area contributed by atoms with Gasteiger partial charge in [-0.2, -0.15) is 0 Å². The second-order valence-electron chi connectivity index (χ2n) is 10.3. The van der Waals surface area contributed by atoms with Crippen LogP contribution < -0.4 is 5.11 Å². The average molecular weight is 390 g/mol. The van der Waals surface area contributed by atoms with Gasteiger partial charge in [0.2, 0.25) is 0 Å². The van der Waals surface area contributed by atoms with E-state index in [1.165, 1.54) is 6.42 Å². The van der Waals surface area contributed by atoms with Gasteiger partial charge in [-0.3, -0.25) is 9.59 Å². The number of carboxylic acid groups (broad SMARTS) is 1. The molecule has 0 heterocycles. The van der Waals surface area contributed by atoms with Crippen molar-refractivity contribution in [3.63, 3.8) is 0 Å².